The highest BCUT2D eigenvalue weighted by atomic mass is 16.8. The van der Waals surface area contributed by atoms with E-state index in [-0.39, 0.29) is 18.9 Å². The topological polar surface area (TPSA) is 307 Å². The van der Waals surface area contributed by atoms with Crippen molar-refractivity contribution in [3.05, 3.63) is 72.9 Å². The molecule has 17 unspecified atom stereocenters. The maximum atomic E-state index is 13.1. The van der Waals surface area contributed by atoms with Crippen molar-refractivity contribution in [1.29, 1.82) is 0 Å². The van der Waals surface area contributed by atoms with Gasteiger partial charge in [0.25, 0.3) is 0 Å². The number of unbranched alkanes of at least 4 members (excludes halogenated alkanes) is 6. The van der Waals surface area contributed by atoms with Crippen LogP contribution in [-0.4, -0.2) is 193 Å². The van der Waals surface area contributed by atoms with Crippen LogP contribution in [-0.2, 0) is 33.2 Å². The van der Waals surface area contributed by atoms with Crippen molar-refractivity contribution in [2.24, 2.45) is 0 Å². The Balaban J connectivity index is 1.42. The third kappa shape index (κ3) is 21.9. The zero-order valence-corrected chi connectivity index (χ0v) is 41.7. The van der Waals surface area contributed by atoms with Crippen LogP contribution in [0.5, 0.6) is 0 Å². The molecule has 3 heterocycles. The van der Waals surface area contributed by atoms with E-state index in [1.54, 1.807) is 0 Å². The van der Waals surface area contributed by atoms with Gasteiger partial charge in [0.2, 0.25) is 5.91 Å². The lowest BCUT2D eigenvalue weighted by molar-refractivity contribution is -0.379. The Hall–Kier alpha value is -2.77. The average molecular weight is 1010 g/mol. The third-order valence-electron chi connectivity index (χ3n) is 12.5. The fourth-order valence-corrected chi connectivity index (χ4v) is 8.25. The molecule has 71 heavy (non-hydrogen) atoms. The summed E-state index contributed by atoms with van der Waals surface area (Å²) in [6, 6.07) is -0.900. The number of aliphatic hydroxyl groups is 11. The first kappa shape index (κ1) is 62.5. The molecule has 12 N–H and O–H groups in total. The van der Waals surface area contributed by atoms with Crippen molar-refractivity contribution in [2.45, 2.75) is 221 Å². The Kier molecular flexibility index (Phi) is 31.9. The van der Waals surface area contributed by atoms with Gasteiger partial charge in [-0.3, -0.25) is 4.79 Å². The van der Waals surface area contributed by atoms with Gasteiger partial charge in [0, 0.05) is 6.42 Å². The minimum Gasteiger partial charge on any atom is -0.394 e. The molecular weight excluding hydrogens is 927 g/mol. The number of allylic oxidation sites excluding steroid dienone is 12. The molecule has 0 aliphatic carbocycles. The molecule has 17 atom stereocenters. The molecule has 3 rings (SSSR count). The molecule has 0 saturated carbocycles. The largest absolute Gasteiger partial charge is 0.394 e. The molecule has 3 fully saturated rings. The molecule has 0 spiro atoms. The summed E-state index contributed by atoms with van der Waals surface area (Å²) < 4.78 is 33.9. The van der Waals surface area contributed by atoms with E-state index in [1.807, 2.05) is 6.92 Å². The van der Waals surface area contributed by atoms with Gasteiger partial charge in [0.1, 0.15) is 73.2 Å². The van der Waals surface area contributed by atoms with Crippen molar-refractivity contribution >= 4 is 5.91 Å². The van der Waals surface area contributed by atoms with Crippen LogP contribution in [0.2, 0.25) is 0 Å². The predicted octanol–water partition coefficient (Wildman–Crippen LogP) is 1.92. The monoisotopic (exact) mass is 1010 g/mol. The molecule has 0 aromatic rings. The molecule has 408 valence electrons. The molecule has 19 nitrogen and oxygen atoms in total. The van der Waals surface area contributed by atoms with Crippen LogP contribution >= 0.6 is 0 Å². The second kappa shape index (κ2) is 36.2. The summed E-state index contributed by atoms with van der Waals surface area (Å²) in [5.74, 6) is -0.285. The summed E-state index contributed by atoms with van der Waals surface area (Å²) in [6.07, 6.45) is 12.7. The van der Waals surface area contributed by atoms with Crippen LogP contribution in [0, 0.1) is 0 Å². The number of carbonyl (C=O) groups excluding carboxylic acids is 1. The fourth-order valence-electron chi connectivity index (χ4n) is 8.25. The van der Waals surface area contributed by atoms with E-state index in [4.69, 9.17) is 28.4 Å². The van der Waals surface area contributed by atoms with E-state index in [2.05, 4.69) is 85.2 Å². The number of aliphatic hydroxyl groups excluding tert-OH is 11. The van der Waals surface area contributed by atoms with E-state index in [0.29, 0.717) is 19.3 Å². The first-order chi connectivity index (χ1) is 34.3. The maximum Gasteiger partial charge on any atom is 0.220 e. The molecular formula is C52H87NO18. The average Bonchev–Trinajstić information content (AvgIpc) is 3.36. The van der Waals surface area contributed by atoms with Crippen LogP contribution in [0.1, 0.15) is 117 Å². The second-order valence-corrected chi connectivity index (χ2v) is 18.3. The van der Waals surface area contributed by atoms with Gasteiger partial charge in [-0.1, -0.05) is 119 Å². The molecule has 3 aliphatic heterocycles. The molecule has 19 heteroatoms. The van der Waals surface area contributed by atoms with E-state index in [0.717, 1.165) is 77.0 Å². The van der Waals surface area contributed by atoms with Gasteiger partial charge in [-0.2, -0.15) is 0 Å². The summed E-state index contributed by atoms with van der Waals surface area (Å²) in [5, 5.41) is 119. The Morgan fingerprint density at radius 3 is 1.48 bits per heavy atom. The van der Waals surface area contributed by atoms with E-state index >= 15 is 0 Å². The van der Waals surface area contributed by atoms with Crippen molar-refractivity contribution in [3.63, 3.8) is 0 Å². The minimum absolute atomic E-state index is 0.229. The minimum atomic E-state index is -1.97. The van der Waals surface area contributed by atoms with Crippen LogP contribution in [0.25, 0.3) is 0 Å². The third-order valence-corrected chi connectivity index (χ3v) is 12.5. The van der Waals surface area contributed by atoms with E-state index in [1.165, 1.54) is 0 Å². The van der Waals surface area contributed by atoms with Crippen LogP contribution in [0.4, 0.5) is 0 Å². The van der Waals surface area contributed by atoms with Gasteiger partial charge in [-0.05, 0) is 64.2 Å². The van der Waals surface area contributed by atoms with Gasteiger partial charge in [-0.25, -0.2) is 0 Å². The van der Waals surface area contributed by atoms with Crippen LogP contribution in [0.15, 0.2) is 72.9 Å². The number of amides is 1. The number of ether oxygens (including phenoxy) is 6. The zero-order chi connectivity index (χ0) is 52.0. The fraction of sp³-hybridized carbons (Fsp3) is 0.750. The lowest BCUT2D eigenvalue weighted by Crippen LogP contribution is -2.66. The lowest BCUT2D eigenvalue weighted by Gasteiger charge is -2.48. The van der Waals surface area contributed by atoms with E-state index < -0.39 is 124 Å². The highest BCUT2D eigenvalue weighted by Crippen LogP contribution is 2.33. The van der Waals surface area contributed by atoms with Gasteiger partial charge in [0.15, 0.2) is 18.9 Å². The Morgan fingerprint density at radius 1 is 0.521 bits per heavy atom. The molecule has 0 aromatic carbocycles. The predicted molar refractivity (Wildman–Crippen MR) is 263 cm³/mol. The smallest absolute Gasteiger partial charge is 0.220 e. The molecule has 0 radical (unpaired) electrons. The maximum absolute atomic E-state index is 13.1. The van der Waals surface area contributed by atoms with Gasteiger partial charge in [0.05, 0.1) is 38.6 Å². The Morgan fingerprint density at radius 2 is 0.972 bits per heavy atom. The highest BCUT2D eigenvalue weighted by molar-refractivity contribution is 5.76. The number of hydrogen-bond acceptors (Lipinski definition) is 18. The lowest BCUT2D eigenvalue weighted by atomic mass is 9.96. The summed E-state index contributed by atoms with van der Waals surface area (Å²) in [7, 11) is 0. The zero-order valence-electron chi connectivity index (χ0n) is 41.7. The van der Waals surface area contributed by atoms with Gasteiger partial charge < -0.3 is 89.9 Å². The van der Waals surface area contributed by atoms with Crippen LogP contribution < -0.4 is 5.32 Å². The van der Waals surface area contributed by atoms with Crippen molar-refractivity contribution in [3.8, 4) is 0 Å². The molecule has 0 aromatic heterocycles. The Labute approximate surface area is 419 Å². The molecule has 1 amide bonds. The molecule has 3 aliphatic rings. The summed E-state index contributed by atoms with van der Waals surface area (Å²) in [4.78, 5) is 13.1. The quantitative estimate of drug-likeness (QED) is 0.0324. The van der Waals surface area contributed by atoms with Crippen LogP contribution in [0.3, 0.4) is 0 Å². The normalized spacial score (nSPS) is 32.9. The van der Waals surface area contributed by atoms with Gasteiger partial charge in [-0.15, -0.1) is 0 Å². The molecule has 0 bridgehead atoms. The first-order valence-electron chi connectivity index (χ1n) is 25.7. The Bertz CT molecular complexity index is 1590. The number of carbonyl (C=O) groups is 1. The highest BCUT2D eigenvalue weighted by Gasteiger charge is 2.53. The summed E-state index contributed by atoms with van der Waals surface area (Å²) in [5.41, 5.74) is 0. The SMILES string of the molecule is CC/C=C\C/C=C\C/C=C\C/C=C\C/C=C\C/C=C\CCCCCCC(=O)NC(COC1OC(CO)C(OC2OC(CO)C(OC3OC(CO)C(O)C(O)C3O)C(O)C2O)C(O)C1O)C(O)CCCCC. The van der Waals surface area contributed by atoms with Crippen molar-refractivity contribution in [2.75, 3.05) is 26.4 Å². The second-order valence-electron chi connectivity index (χ2n) is 18.3. The summed E-state index contributed by atoms with van der Waals surface area (Å²) >= 11 is 0. The standard InChI is InChI=1S/C52H87NO18/c1-3-5-7-8-9-10-11-12-13-14-15-16-17-18-19-20-21-22-23-24-25-26-28-30-40(58)53-35(36(57)29-27-6-4-2)34-66-50-46(64)43(61)48(38(32-55)68-50)71-52-47(65)44(62)49(39(33-56)69-52)70-51-45(63)42(60)41(59)37(31-54)67-51/h5,7,9-10,12-13,15-16,18-19,21-22,35-39,41-52,54-57,59-65H,3-4,6,8,11,14,17,20,23-34H2,1-2H3,(H,53,58)/b7-5-,10-9-,13-12-,16-15-,19-18-,22-21-. The number of nitrogens with one attached hydrogen (secondary N) is 1. The summed E-state index contributed by atoms with van der Waals surface area (Å²) in [6.45, 7) is 1.41. The number of hydrogen-bond donors (Lipinski definition) is 12. The van der Waals surface area contributed by atoms with Crippen molar-refractivity contribution in [1.82, 2.24) is 5.32 Å². The van der Waals surface area contributed by atoms with E-state index in [9.17, 15) is 61.0 Å². The first-order valence-corrected chi connectivity index (χ1v) is 25.7. The van der Waals surface area contributed by atoms with Gasteiger partial charge >= 0.3 is 0 Å². The number of rotatable bonds is 34. The molecule has 3 saturated heterocycles. The van der Waals surface area contributed by atoms with Crippen molar-refractivity contribution < 1.29 is 89.4 Å².